The average molecular weight is 422 g/mol. The number of carbonyl (C=O) groups excluding carboxylic acids is 1. The largest absolute Gasteiger partial charge is 0.354 e. The SMILES string of the molecule is Cl.O=C(NCC1CCCN(S(=O)(=O)CCc2cccs2)C1)C1CCCN1. The maximum absolute atomic E-state index is 12.6. The number of aryl methyl sites for hydroxylation is 1. The number of halogens is 1. The fraction of sp³-hybridized carbons (Fsp3) is 0.706. The molecule has 2 atom stereocenters. The average Bonchev–Trinajstić information content (AvgIpc) is 3.31. The van der Waals surface area contributed by atoms with Crippen molar-refractivity contribution in [1.82, 2.24) is 14.9 Å². The molecule has 26 heavy (non-hydrogen) atoms. The van der Waals surface area contributed by atoms with Crippen LogP contribution in [0.4, 0.5) is 0 Å². The van der Waals surface area contributed by atoms with Crippen LogP contribution >= 0.6 is 23.7 Å². The Bertz CT molecular complexity index is 661. The molecule has 2 fully saturated rings. The molecule has 148 valence electrons. The lowest BCUT2D eigenvalue weighted by Crippen LogP contribution is -2.47. The lowest BCUT2D eigenvalue weighted by atomic mass is 9.99. The summed E-state index contributed by atoms with van der Waals surface area (Å²) in [5, 5.41) is 8.16. The van der Waals surface area contributed by atoms with Gasteiger partial charge in [-0.25, -0.2) is 12.7 Å². The molecule has 2 N–H and O–H groups in total. The number of amides is 1. The van der Waals surface area contributed by atoms with Crippen molar-refractivity contribution in [3.05, 3.63) is 22.4 Å². The van der Waals surface area contributed by atoms with Crippen LogP contribution in [0.5, 0.6) is 0 Å². The highest BCUT2D eigenvalue weighted by atomic mass is 35.5. The van der Waals surface area contributed by atoms with Gasteiger partial charge in [0, 0.05) is 24.5 Å². The fourth-order valence-corrected chi connectivity index (χ4v) is 5.96. The molecule has 2 aliphatic heterocycles. The van der Waals surface area contributed by atoms with Crippen molar-refractivity contribution in [3.63, 3.8) is 0 Å². The van der Waals surface area contributed by atoms with Gasteiger partial charge in [0.25, 0.3) is 0 Å². The van der Waals surface area contributed by atoms with E-state index in [1.165, 1.54) is 0 Å². The van der Waals surface area contributed by atoms with E-state index in [1.807, 2.05) is 17.5 Å². The predicted octanol–water partition coefficient (Wildman–Crippen LogP) is 1.62. The van der Waals surface area contributed by atoms with Crippen LogP contribution in [0.15, 0.2) is 17.5 Å². The van der Waals surface area contributed by atoms with E-state index in [1.54, 1.807) is 15.6 Å². The first-order valence-corrected chi connectivity index (χ1v) is 11.5. The summed E-state index contributed by atoms with van der Waals surface area (Å²) in [5.41, 5.74) is 0. The molecule has 2 saturated heterocycles. The predicted molar refractivity (Wildman–Crippen MR) is 107 cm³/mol. The summed E-state index contributed by atoms with van der Waals surface area (Å²) >= 11 is 1.60. The van der Waals surface area contributed by atoms with E-state index in [9.17, 15) is 13.2 Å². The second-order valence-corrected chi connectivity index (χ2v) is 10.0. The standard InChI is InChI=1S/C17H27N3O3S2.ClH/c21-17(16-6-1-8-18-16)19-12-14-4-2-9-20(13-14)25(22,23)11-7-15-5-3-10-24-15;/h3,5,10,14,16,18H,1-2,4,6-9,11-13H2,(H,19,21);1H. The Labute approximate surface area is 166 Å². The van der Waals surface area contributed by atoms with Gasteiger partial charge in [0.1, 0.15) is 0 Å². The van der Waals surface area contributed by atoms with Gasteiger partial charge in [-0.2, -0.15) is 0 Å². The first-order chi connectivity index (χ1) is 12.0. The van der Waals surface area contributed by atoms with Gasteiger partial charge in [-0.3, -0.25) is 4.79 Å². The van der Waals surface area contributed by atoms with Crippen molar-refractivity contribution >= 4 is 39.7 Å². The summed E-state index contributed by atoms with van der Waals surface area (Å²) < 4.78 is 26.8. The van der Waals surface area contributed by atoms with Crippen molar-refractivity contribution in [2.24, 2.45) is 5.92 Å². The lowest BCUT2D eigenvalue weighted by Gasteiger charge is -2.32. The van der Waals surface area contributed by atoms with Gasteiger partial charge in [0.05, 0.1) is 11.8 Å². The molecule has 2 unspecified atom stereocenters. The molecule has 0 saturated carbocycles. The Morgan fingerprint density at radius 1 is 1.35 bits per heavy atom. The van der Waals surface area contributed by atoms with Crippen LogP contribution in [0.25, 0.3) is 0 Å². The summed E-state index contributed by atoms with van der Waals surface area (Å²) in [4.78, 5) is 13.2. The zero-order chi connectivity index (χ0) is 17.7. The second kappa shape index (κ2) is 10.0. The molecule has 0 radical (unpaired) electrons. The molecular weight excluding hydrogens is 394 g/mol. The topological polar surface area (TPSA) is 78.5 Å². The number of piperidine rings is 1. The molecule has 0 bridgehead atoms. The number of hydrogen-bond acceptors (Lipinski definition) is 5. The molecule has 2 aliphatic rings. The van der Waals surface area contributed by atoms with Crippen LogP contribution in [0, 0.1) is 5.92 Å². The second-order valence-electron chi connectivity index (χ2n) is 6.91. The number of nitrogens with zero attached hydrogens (tertiary/aromatic N) is 1. The summed E-state index contributed by atoms with van der Waals surface area (Å²) in [5.74, 6) is 0.421. The van der Waals surface area contributed by atoms with Crippen molar-refractivity contribution in [2.45, 2.75) is 38.1 Å². The van der Waals surface area contributed by atoms with Crippen LogP contribution in [-0.2, 0) is 21.2 Å². The molecule has 0 spiro atoms. The zero-order valence-corrected chi connectivity index (χ0v) is 17.3. The number of nitrogens with one attached hydrogen (secondary N) is 2. The Morgan fingerprint density at radius 2 is 2.19 bits per heavy atom. The van der Waals surface area contributed by atoms with Crippen molar-refractivity contribution in [3.8, 4) is 0 Å². The first-order valence-electron chi connectivity index (χ1n) is 9.06. The summed E-state index contributed by atoms with van der Waals surface area (Å²) in [6.45, 7) is 2.58. The molecule has 3 heterocycles. The summed E-state index contributed by atoms with van der Waals surface area (Å²) in [6.07, 6.45) is 4.33. The zero-order valence-electron chi connectivity index (χ0n) is 14.9. The Hall–Kier alpha value is -0.670. The third kappa shape index (κ3) is 5.92. The minimum absolute atomic E-state index is 0. The molecule has 0 aliphatic carbocycles. The van der Waals surface area contributed by atoms with Gasteiger partial charge < -0.3 is 10.6 Å². The Morgan fingerprint density at radius 3 is 2.88 bits per heavy atom. The quantitative estimate of drug-likeness (QED) is 0.701. The Balaban J connectivity index is 0.00000243. The number of thiophene rings is 1. The minimum Gasteiger partial charge on any atom is -0.354 e. The molecule has 1 aromatic heterocycles. The van der Waals surface area contributed by atoms with Crippen LogP contribution in [0.2, 0.25) is 0 Å². The summed E-state index contributed by atoms with van der Waals surface area (Å²) in [6, 6.07) is 3.85. The van der Waals surface area contributed by atoms with Crippen LogP contribution in [-0.4, -0.2) is 56.6 Å². The highest BCUT2D eigenvalue weighted by molar-refractivity contribution is 7.89. The van der Waals surface area contributed by atoms with Gasteiger partial charge >= 0.3 is 0 Å². The summed E-state index contributed by atoms with van der Waals surface area (Å²) in [7, 11) is -3.23. The third-order valence-electron chi connectivity index (χ3n) is 5.00. The number of hydrogen-bond donors (Lipinski definition) is 2. The molecule has 3 rings (SSSR count). The Kier molecular flexibility index (Phi) is 8.35. The number of carbonyl (C=O) groups is 1. The molecular formula is C17H28ClN3O3S2. The highest BCUT2D eigenvalue weighted by Gasteiger charge is 2.29. The van der Waals surface area contributed by atoms with Gasteiger partial charge in [-0.1, -0.05) is 6.07 Å². The number of rotatable bonds is 7. The van der Waals surface area contributed by atoms with E-state index in [4.69, 9.17) is 0 Å². The first kappa shape index (κ1) is 21.6. The molecule has 0 aromatic carbocycles. The van der Waals surface area contributed by atoms with Gasteiger partial charge in [-0.05, 0) is 56.0 Å². The highest BCUT2D eigenvalue weighted by Crippen LogP contribution is 2.20. The van der Waals surface area contributed by atoms with Crippen LogP contribution in [0.1, 0.15) is 30.6 Å². The van der Waals surface area contributed by atoms with E-state index in [0.717, 1.165) is 37.1 Å². The van der Waals surface area contributed by atoms with E-state index < -0.39 is 10.0 Å². The number of sulfonamides is 1. The normalized spacial score (nSPS) is 24.2. The van der Waals surface area contributed by atoms with Crippen LogP contribution < -0.4 is 10.6 Å². The van der Waals surface area contributed by atoms with Gasteiger partial charge in [0.15, 0.2) is 0 Å². The van der Waals surface area contributed by atoms with E-state index >= 15 is 0 Å². The smallest absolute Gasteiger partial charge is 0.237 e. The van der Waals surface area contributed by atoms with Crippen molar-refractivity contribution in [2.75, 3.05) is 31.9 Å². The molecule has 1 aromatic rings. The van der Waals surface area contributed by atoms with E-state index in [2.05, 4.69) is 10.6 Å². The molecule has 6 nitrogen and oxygen atoms in total. The van der Waals surface area contributed by atoms with Crippen molar-refractivity contribution in [1.29, 1.82) is 0 Å². The van der Waals surface area contributed by atoms with Crippen LogP contribution in [0.3, 0.4) is 0 Å². The molecule has 1 amide bonds. The maximum atomic E-state index is 12.6. The molecule has 9 heteroatoms. The van der Waals surface area contributed by atoms with E-state index in [0.29, 0.717) is 26.1 Å². The van der Waals surface area contributed by atoms with Gasteiger partial charge in [0.2, 0.25) is 15.9 Å². The lowest BCUT2D eigenvalue weighted by molar-refractivity contribution is -0.123. The minimum atomic E-state index is -3.23. The maximum Gasteiger partial charge on any atom is 0.237 e. The van der Waals surface area contributed by atoms with Crippen molar-refractivity contribution < 1.29 is 13.2 Å². The monoisotopic (exact) mass is 421 g/mol. The third-order valence-corrected chi connectivity index (χ3v) is 7.78. The fourth-order valence-electron chi connectivity index (χ4n) is 3.54. The van der Waals surface area contributed by atoms with Gasteiger partial charge in [-0.15, -0.1) is 23.7 Å². The van der Waals surface area contributed by atoms with E-state index in [-0.39, 0.29) is 36.0 Å².